The number of nitrogens with one attached hydrogen (secondary N) is 3. The molecule has 2 fully saturated rings. The number of fused-ring (bicyclic) bond motifs is 5. The molecule has 6 aromatic rings. The molecule has 11 nitrogen and oxygen atoms in total. The second kappa shape index (κ2) is 17.1. The Morgan fingerprint density at radius 2 is 1.49 bits per heavy atom. The molecule has 4 aromatic carbocycles. The van der Waals surface area contributed by atoms with E-state index in [1.54, 1.807) is 0 Å². The fourth-order valence-corrected chi connectivity index (χ4v) is 9.99. The number of nitrogens with two attached hydrogens (primary N) is 1. The van der Waals surface area contributed by atoms with Crippen LogP contribution in [0.5, 0.6) is 0 Å². The predicted octanol–water partition coefficient (Wildman–Crippen LogP) is 7.43. The molecule has 61 heavy (non-hydrogen) atoms. The minimum atomic E-state index is -0.344. The minimum absolute atomic E-state index is 0.0850. The Balaban J connectivity index is 0.880. The van der Waals surface area contributed by atoms with Gasteiger partial charge in [-0.1, -0.05) is 78.9 Å². The fraction of sp³-hybridized carbons (Fsp3) is 0.340. The molecule has 9 rings (SSSR count). The zero-order chi connectivity index (χ0) is 42.2. The molecule has 314 valence electrons. The van der Waals surface area contributed by atoms with Gasteiger partial charge in [0.1, 0.15) is 17.9 Å². The van der Waals surface area contributed by atoms with Crippen LogP contribution >= 0.6 is 0 Å². The summed E-state index contributed by atoms with van der Waals surface area (Å²) >= 11 is 0. The molecule has 4 atom stereocenters. The van der Waals surface area contributed by atoms with Crippen molar-refractivity contribution in [2.45, 2.75) is 62.7 Å². The maximum absolute atomic E-state index is 14.0. The van der Waals surface area contributed by atoms with Gasteiger partial charge in [-0.05, 0) is 118 Å². The van der Waals surface area contributed by atoms with Crippen LogP contribution in [0.1, 0.15) is 77.5 Å². The number of H-pyrrole nitrogens is 2. The average Bonchev–Trinajstić information content (AvgIpc) is 4.10. The van der Waals surface area contributed by atoms with Crippen LogP contribution in [0.3, 0.4) is 0 Å². The first kappa shape index (κ1) is 40.2. The topological polar surface area (TPSA) is 130 Å². The summed E-state index contributed by atoms with van der Waals surface area (Å²) in [7, 11) is 7.87. The summed E-state index contributed by atoms with van der Waals surface area (Å²) in [5, 5.41) is 4.66. The SMILES string of the molecule is CN(C)[C@@H](C(=O)N1CCCC1CN/C=C(\N)c1ccc2[nH]c3c(c2c1)CCc1cc(-c2cnc([C@@H]4CCCN4C(=O)[C@@H](c4ccccc4)N(C)C)[nH]2)ccc1-3)c1ccccc1. The molecule has 0 spiro atoms. The lowest BCUT2D eigenvalue weighted by molar-refractivity contribution is -0.138. The number of likely N-dealkylation sites (N-methyl/N-ethyl adjacent to an activating group) is 2. The maximum Gasteiger partial charge on any atom is 0.245 e. The Morgan fingerprint density at radius 1 is 0.820 bits per heavy atom. The number of benzene rings is 4. The number of hydrogen-bond acceptors (Lipinski definition) is 7. The highest BCUT2D eigenvalue weighted by Crippen LogP contribution is 2.40. The molecule has 1 aliphatic carbocycles. The van der Waals surface area contributed by atoms with Gasteiger partial charge in [0.05, 0.1) is 23.6 Å². The van der Waals surface area contributed by atoms with E-state index in [4.69, 9.17) is 10.7 Å². The number of imidazole rings is 1. The Kier molecular flexibility index (Phi) is 11.3. The molecule has 1 unspecified atom stereocenters. The van der Waals surface area contributed by atoms with Crippen LogP contribution in [0.25, 0.3) is 39.1 Å². The van der Waals surface area contributed by atoms with Gasteiger partial charge in [0.15, 0.2) is 0 Å². The third kappa shape index (κ3) is 7.84. The van der Waals surface area contributed by atoms with E-state index in [1.165, 1.54) is 22.1 Å². The zero-order valence-electron chi connectivity index (χ0n) is 35.7. The molecule has 0 bridgehead atoms. The fourth-order valence-electron chi connectivity index (χ4n) is 9.99. The molecule has 4 heterocycles. The van der Waals surface area contributed by atoms with Crippen LogP contribution in [0.2, 0.25) is 0 Å². The number of nitrogens with zero attached hydrogens (tertiary/aromatic N) is 5. The number of carbonyl (C=O) groups is 2. The highest BCUT2D eigenvalue weighted by atomic mass is 16.2. The van der Waals surface area contributed by atoms with Crippen molar-refractivity contribution in [1.82, 2.24) is 39.9 Å². The largest absolute Gasteiger partial charge is 0.397 e. The van der Waals surface area contributed by atoms with Gasteiger partial charge in [0.25, 0.3) is 0 Å². The third-order valence-corrected chi connectivity index (χ3v) is 13.0. The lowest BCUT2D eigenvalue weighted by atomic mass is 9.87. The summed E-state index contributed by atoms with van der Waals surface area (Å²) in [5.41, 5.74) is 18.5. The van der Waals surface area contributed by atoms with Gasteiger partial charge in [-0.25, -0.2) is 4.98 Å². The van der Waals surface area contributed by atoms with Crippen molar-refractivity contribution < 1.29 is 9.59 Å². The monoisotopic (exact) mass is 815 g/mol. The van der Waals surface area contributed by atoms with E-state index in [2.05, 4.69) is 51.7 Å². The number of carbonyl (C=O) groups excluding carboxylic acids is 2. The molecule has 0 radical (unpaired) electrons. The molecule has 5 N–H and O–H groups in total. The first-order chi connectivity index (χ1) is 29.7. The summed E-state index contributed by atoms with van der Waals surface area (Å²) in [6.07, 6.45) is 9.44. The summed E-state index contributed by atoms with van der Waals surface area (Å²) in [5.74, 6) is 1.10. The normalized spacial score (nSPS) is 18.8. The van der Waals surface area contributed by atoms with Crippen molar-refractivity contribution in [2.75, 3.05) is 47.8 Å². The molecule has 2 aliphatic heterocycles. The first-order valence-corrected chi connectivity index (χ1v) is 21.7. The lowest BCUT2D eigenvalue weighted by Gasteiger charge is -2.32. The number of aryl methyl sites for hydroxylation is 2. The maximum atomic E-state index is 14.0. The highest BCUT2D eigenvalue weighted by Gasteiger charge is 2.38. The minimum Gasteiger partial charge on any atom is -0.397 e. The van der Waals surface area contributed by atoms with E-state index in [-0.39, 0.29) is 36.0 Å². The Morgan fingerprint density at radius 3 is 2.20 bits per heavy atom. The van der Waals surface area contributed by atoms with Gasteiger partial charge in [0.2, 0.25) is 11.8 Å². The average molecular weight is 816 g/mol. The second-order valence-electron chi connectivity index (χ2n) is 17.4. The van der Waals surface area contributed by atoms with Gasteiger partial charge in [-0.2, -0.15) is 0 Å². The van der Waals surface area contributed by atoms with Crippen LogP contribution in [0.15, 0.2) is 109 Å². The molecular formula is C50H57N9O2. The summed E-state index contributed by atoms with van der Waals surface area (Å²) in [4.78, 5) is 48.1. The van der Waals surface area contributed by atoms with E-state index in [0.29, 0.717) is 12.2 Å². The summed E-state index contributed by atoms with van der Waals surface area (Å²) in [6.45, 7) is 2.13. The molecule has 11 heteroatoms. The Hall–Kier alpha value is -6.17. The van der Waals surface area contributed by atoms with Crippen molar-refractivity contribution in [1.29, 1.82) is 0 Å². The van der Waals surface area contributed by atoms with Crippen molar-refractivity contribution in [3.05, 3.63) is 143 Å². The van der Waals surface area contributed by atoms with Gasteiger partial charge in [0, 0.05) is 54.0 Å². The standard InChI is InChI=1S/C50H57N9O2/c1-56(2)46(32-13-7-5-8-14-32)49(60)58-25-11-17-37(58)29-52-30-41(51)35-21-24-42-40(28-35)39-23-19-34-27-36(20-22-38(34)45(39)54-42)43-31-53-48(55-43)44-18-12-26-59(44)50(61)47(57(3)4)33-15-9-6-10-16-33/h5-10,13-16,20-22,24,27-28,30-31,37,44,46-47,52,54H,11-12,17-19,23,25-26,29,51H2,1-4H3,(H,53,55)/b41-30-/t37?,44-,46+,47+/m0/s1. The number of hydrogen-bond donors (Lipinski definition) is 4. The number of aromatic amines is 2. The van der Waals surface area contributed by atoms with Crippen molar-refractivity contribution in [2.24, 2.45) is 5.73 Å². The Labute approximate surface area is 358 Å². The quantitative estimate of drug-likeness (QED) is 0.101. The van der Waals surface area contributed by atoms with Gasteiger partial charge < -0.3 is 30.8 Å². The van der Waals surface area contributed by atoms with Gasteiger partial charge in [-0.3, -0.25) is 19.4 Å². The van der Waals surface area contributed by atoms with Crippen LogP contribution in [-0.4, -0.2) is 100 Å². The smallest absolute Gasteiger partial charge is 0.245 e. The predicted molar refractivity (Wildman–Crippen MR) is 243 cm³/mol. The zero-order valence-corrected chi connectivity index (χ0v) is 35.7. The molecular weight excluding hydrogens is 759 g/mol. The van der Waals surface area contributed by atoms with Crippen molar-refractivity contribution in [3.8, 4) is 22.5 Å². The Bertz CT molecular complexity index is 2560. The van der Waals surface area contributed by atoms with Crippen LogP contribution < -0.4 is 11.1 Å². The van der Waals surface area contributed by atoms with E-state index in [1.807, 2.05) is 121 Å². The van der Waals surface area contributed by atoms with E-state index in [9.17, 15) is 9.59 Å². The number of aromatic nitrogens is 3. The second-order valence-corrected chi connectivity index (χ2v) is 17.4. The summed E-state index contributed by atoms with van der Waals surface area (Å²) in [6, 6.07) is 32.5. The number of likely N-dealkylation sites (tertiary alicyclic amines) is 2. The molecule has 3 aliphatic rings. The number of rotatable bonds is 12. The van der Waals surface area contributed by atoms with Crippen LogP contribution in [0.4, 0.5) is 0 Å². The lowest BCUT2D eigenvalue weighted by Crippen LogP contribution is -2.46. The molecule has 2 aromatic heterocycles. The van der Waals surface area contributed by atoms with Crippen LogP contribution in [0, 0.1) is 0 Å². The molecule has 2 saturated heterocycles. The summed E-state index contributed by atoms with van der Waals surface area (Å²) < 4.78 is 0. The van der Waals surface area contributed by atoms with Crippen LogP contribution in [-0.2, 0) is 22.4 Å². The van der Waals surface area contributed by atoms with Crippen molar-refractivity contribution in [3.63, 3.8) is 0 Å². The van der Waals surface area contributed by atoms with E-state index < -0.39 is 0 Å². The third-order valence-electron chi connectivity index (χ3n) is 13.0. The molecule has 0 saturated carbocycles. The van der Waals surface area contributed by atoms with Crippen molar-refractivity contribution >= 4 is 28.4 Å². The van der Waals surface area contributed by atoms with Gasteiger partial charge in [-0.15, -0.1) is 0 Å². The number of amides is 2. The van der Waals surface area contributed by atoms with E-state index in [0.717, 1.165) is 96.6 Å². The molecule has 2 amide bonds. The first-order valence-electron chi connectivity index (χ1n) is 21.7. The van der Waals surface area contributed by atoms with Gasteiger partial charge >= 0.3 is 0 Å². The highest BCUT2D eigenvalue weighted by molar-refractivity contribution is 5.94. The van der Waals surface area contributed by atoms with E-state index >= 15 is 0 Å².